The molecule has 2 aromatic rings. The van der Waals surface area contributed by atoms with Crippen molar-refractivity contribution in [1.82, 2.24) is 15.2 Å². The van der Waals surface area contributed by atoms with Crippen LogP contribution in [0.1, 0.15) is 70.6 Å². The highest BCUT2D eigenvalue weighted by atomic mass is 16.5. The number of aromatic amines is 1. The van der Waals surface area contributed by atoms with Gasteiger partial charge in [-0.15, -0.1) is 0 Å². The highest BCUT2D eigenvalue weighted by Gasteiger charge is 2.59. The average molecular weight is 569 g/mol. The number of fused-ring (bicyclic) bond motifs is 4. The van der Waals surface area contributed by atoms with Gasteiger partial charge >= 0.3 is 0 Å². The van der Waals surface area contributed by atoms with Crippen molar-refractivity contribution in [3.63, 3.8) is 0 Å². The van der Waals surface area contributed by atoms with Crippen molar-refractivity contribution in [3.8, 4) is 0 Å². The number of aliphatic hydroxyl groups is 1. The highest BCUT2D eigenvalue weighted by molar-refractivity contribution is 5.82. The Morgan fingerprint density at radius 1 is 0.929 bits per heavy atom. The molecule has 1 saturated heterocycles. The van der Waals surface area contributed by atoms with E-state index in [1.54, 1.807) is 0 Å². The van der Waals surface area contributed by atoms with Crippen molar-refractivity contribution in [2.45, 2.75) is 82.3 Å². The summed E-state index contributed by atoms with van der Waals surface area (Å²) in [6.45, 7) is 4.47. The summed E-state index contributed by atoms with van der Waals surface area (Å²) in [6.07, 6.45) is 25.2. The summed E-state index contributed by atoms with van der Waals surface area (Å²) in [5, 5.41) is 34.4. The minimum absolute atomic E-state index is 0.0461. The molecule has 6 nitrogen and oxygen atoms in total. The summed E-state index contributed by atoms with van der Waals surface area (Å²) in [4.78, 5) is 6.35. The largest absolute Gasteiger partial charge is 0.629 e. The monoisotopic (exact) mass is 568 g/mol. The highest BCUT2D eigenvalue weighted by Crippen LogP contribution is 2.55. The third-order valence-electron chi connectivity index (χ3n) is 10.9. The zero-order valence-corrected chi connectivity index (χ0v) is 25.0. The Labute approximate surface area is 250 Å². The van der Waals surface area contributed by atoms with E-state index in [4.69, 9.17) is 0 Å². The van der Waals surface area contributed by atoms with Crippen LogP contribution in [0.3, 0.4) is 0 Å². The van der Waals surface area contributed by atoms with E-state index in [-0.39, 0.29) is 22.4 Å². The van der Waals surface area contributed by atoms with E-state index in [9.17, 15) is 10.3 Å². The van der Waals surface area contributed by atoms with Crippen LogP contribution < -0.4 is 20.9 Å². The van der Waals surface area contributed by atoms with Crippen LogP contribution in [0.15, 0.2) is 60.2 Å². The van der Waals surface area contributed by atoms with Gasteiger partial charge in [0.2, 0.25) is 0 Å². The van der Waals surface area contributed by atoms with Gasteiger partial charge < -0.3 is 30.6 Å². The predicted octanol–water partition coefficient (Wildman–Crippen LogP) is 3.43. The first kappa shape index (κ1) is 28.3. The van der Waals surface area contributed by atoms with Gasteiger partial charge in [0.25, 0.3) is 0 Å². The predicted molar refractivity (Wildman–Crippen MR) is 171 cm³/mol. The van der Waals surface area contributed by atoms with Gasteiger partial charge in [-0.25, -0.2) is 0 Å². The van der Waals surface area contributed by atoms with E-state index in [2.05, 4.69) is 75.9 Å². The Kier molecular flexibility index (Phi) is 8.01. The number of H-pyrrole nitrogens is 1. The normalized spacial score (nSPS) is 36.0. The van der Waals surface area contributed by atoms with Crippen molar-refractivity contribution < 1.29 is 10.2 Å². The number of rotatable bonds is 1. The number of nitrogens with one attached hydrogen (secondary N) is 3. The number of nitrogens with zero attached hydrogens (tertiary/aromatic N) is 1. The van der Waals surface area contributed by atoms with Gasteiger partial charge in [-0.2, -0.15) is 0 Å². The van der Waals surface area contributed by atoms with E-state index in [0.717, 1.165) is 98.5 Å². The molecular formula is C36H48N4O2. The van der Waals surface area contributed by atoms with Crippen LogP contribution in [0.2, 0.25) is 0 Å². The minimum Gasteiger partial charge on any atom is -0.629 e. The SMILES string of the molecule is [O-][NH+]1CC=c2c([nH]c3ccccc23)=C1C1=C[C@@]2(O)CCC=CCCCCN3CC[C@@H]1[C@]1(CCC=CCCCCN[C@H]12)C3. The average Bonchev–Trinajstić information content (AvgIpc) is 3.34. The zero-order chi connectivity index (χ0) is 28.6. The molecule has 2 unspecified atom stereocenters. The smallest absolute Gasteiger partial charge is 0.159 e. The second kappa shape index (κ2) is 11.9. The number of aromatic nitrogens is 1. The van der Waals surface area contributed by atoms with E-state index in [1.165, 1.54) is 24.6 Å². The van der Waals surface area contributed by atoms with Crippen molar-refractivity contribution in [2.75, 3.05) is 32.7 Å². The summed E-state index contributed by atoms with van der Waals surface area (Å²) in [5.41, 5.74) is 1.82. The molecule has 6 atom stereocenters. The maximum absolute atomic E-state index is 14.0. The number of allylic oxidation sites excluding steroid dienone is 4. The van der Waals surface area contributed by atoms with Crippen molar-refractivity contribution >= 4 is 22.7 Å². The fourth-order valence-electron chi connectivity index (χ4n) is 9.03. The lowest BCUT2D eigenvalue weighted by molar-refractivity contribution is -0.760. The first-order chi connectivity index (χ1) is 20.6. The number of benzene rings is 1. The lowest BCUT2D eigenvalue weighted by Crippen LogP contribution is -3.06. The number of para-hydroxylation sites is 1. The standard InChI is InChI=1S/C36H48N4O2/c41-36-20-12-6-2-4-8-14-22-39-23-18-30(35(26-39)19-11-5-1-3-7-13-21-37-34(35)36)29(25-36)33-32-28(17-24-40(33)42)27-15-9-10-16-31(27)38-32/h1-2,5-6,9-10,15-17,25,30,34,37-38,40-41H,3-4,7-8,11-14,18-24,26H2/t30-,34+,35-,36-/m0/s1. The van der Waals surface area contributed by atoms with Crippen molar-refractivity contribution in [1.29, 1.82) is 0 Å². The van der Waals surface area contributed by atoms with Crippen LogP contribution >= 0.6 is 0 Å². The van der Waals surface area contributed by atoms with Crippen LogP contribution in [-0.2, 0) is 0 Å². The molecule has 4 N–H and O–H groups in total. The van der Waals surface area contributed by atoms with E-state index >= 15 is 0 Å². The fraction of sp³-hybridized carbons (Fsp3) is 0.556. The first-order valence-electron chi connectivity index (χ1n) is 16.6. The van der Waals surface area contributed by atoms with Gasteiger partial charge in [0.05, 0.1) is 5.60 Å². The lowest BCUT2D eigenvalue weighted by atomic mass is 9.53. The van der Waals surface area contributed by atoms with Crippen LogP contribution in [0.4, 0.5) is 0 Å². The van der Waals surface area contributed by atoms with Gasteiger partial charge in [-0.05, 0) is 114 Å². The van der Waals surface area contributed by atoms with Gasteiger partial charge in [0.15, 0.2) is 5.70 Å². The third-order valence-corrected chi connectivity index (χ3v) is 10.9. The second-order valence-electron chi connectivity index (χ2n) is 13.5. The molecule has 7 rings (SSSR count). The Bertz CT molecular complexity index is 1500. The molecule has 5 heterocycles. The molecule has 1 fully saturated rings. The number of hydrogen-bond acceptors (Lipinski definition) is 4. The summed E-state index contributed by atoms with van der Waals surface area (Å²) in [6, 6.07) is 8.36. The van der Waals surface area contributed by atoms with Gasteiger partial charge in [-0.3, -0.25) is 0 Å². The van der Waals surface area contributed by atoms with Crippen LogP contribution in [0.5, 0.6) is 0 Å². The molecule has 4 aliphatic heterocycles. The first-order valence-corrected chi connectivity index (χ1v) is 16.6. The molecular weight excluding hydrogens is 520 g/mol. The van der Waals surface area contributed by atoms with Crippen LogP contribution in [0, 0.1) is 16.5 Å². The third kappa shape index (κ3) is 5.05. The van der Waals surface area contributed by atoms with E-state index in [1.807, 2.05) is 0 Å². The molecule has 0 amide bonds. The molecule has 224 valence electrons. The Balaban J connectivity index is 1.46. The quantitative estimate of drug-likeness (QED) is 0.314. The molecule has 6 heteroatoms. The molecule has 0 radical (unpaired) electrons. The lowest BCUT2D eigenvalue weighted by Gasteiger charge is -2.60. The molecule has 0 saturated carbocycles. The Morgan fingerprint density at radius 2 is 1.71 bits per heavy atom. The molecule has 1 spiro atoms. The summed E-state index contributed by atoms with van der Waals surface area (Å²) in [5.74, 6) is 0.220. The van der Waals surface area contributed by atoms with Gasteiger partial charge in [-0.1, -0.05) is 42.5 Å². The van der Waals surface area contributed by atoms with Crippen LogP contribution in [0.25, 0.3) is 22.7 Å². The Morgan fingerprint density at radius 3 is 2.60 bits per heavy atom. The molecule has 1 aliphatic carbocycles. The second-order valence-corrected chi connectivity index (χ2v) is 13.5. The summed E-state index contributed by atoms with van der Waals surface area (Å²) < 4.78 is 0. The van der Waals surface area contributed by atoms with E-state index in [0.29, 0.717) is 13.0 Å². The van der Waals surface area contributed by atoms with Crippen molar-refractivity contribution in [3.05, 3.63) is 76.0 Å². The number of hydroxylamine groups is 2. The van der Waals surface area contributed by atoms with Crippen molar-refractivity contribution in [2.24, 2.45) is 11.3 Å². The number of quaternary nitrogens is 1. The zero-order valence-electron chi connectivity index (χ0n) is 25.0. The van der Waals surface area contributed by atoms with Gasteiger partial charge in [0, 0.05) is 39.7 Å². The molecule has 1 aromatic heterocycles. The molecule has 5 aliphatic rings. The number of hydrogen-bond donors (Lipinski definition) is 4. The number of piperidine rings is 1. The van der Waals surface area contributed by atoms with Crippen LogP contribution in [-0.4, -0.2) is 59.4 Å². The molecule has 3 bridgehead atoms. The maximum Gasteiger partial charge on any atom is 0.159 e. The fourth-order valence-corrected chi connectivity index (χ4v) is 9.03. The maximum atomic E-state index is 14.0. The topological polar surface area (TPSA) is 78.8 Å². The Hall–Kier alpha value is -2.48. The molecule has 42 heavy (non-hydrogen) atoms. The van der Waals surface area contributed by atoms with E-state index < -0.39 is 5.60 Å². The summed E-state index contributed by atoms with van der Waals surface area (Å²) in [7, 11) is 0. The summed E-state index contributed by atoms with van der Waals surface area (Å²) >= 11 is 0. The molecule has 1 aromatic carbocycles. The van der Waals surface area contributed by atoms with Gasteiger partial charge in [0.1, 0.15) is 11.9 Å². The minimum atomic E-state index is -1.04.